The van der Waals surface area contributed by atoms with Crippen LogP contribution in [0.15, 0.2) is 29.1 Å². The van der Waals surface area contributed by atoms with E-state index < -0.39 is 0 Å². The summed E-state index contributed by atoms with van der Waals surface area (Å²) in [5.41, 5.74) is 4.25. The zero-order valence-electron chi connectivity index (χ0n) is 12.2. The zero-order chi connectivity index (χ0) is 14.2. The number of aromatic nitrogens is 2. The third-order valence-electron chi connectivity index (χ3n) is 3.36. The van der Waals surface area contributed by atoms with Crippen molar-refractivity contribution in [2.75, 3.05) is 0 Å². The van der Waals surface area contributed by atoms with Gasteiger partial charge in [-0.3, -0.25) is 4.79 Å². The summed E-state index contributed by atoms with van der Waals surface area (Å²) < 4.78 is 0. The maximum absolute atomic E-state index is 12.0. The van der Waals surface area contributed by atoms with Gasteiger partial charge in [-0.05, 0) is 24.8 Å². The molecule has 0 aliphatic heterocycles. The average molecular weight is 256 g/mol. The molecule has 1 aromatic heterocycles. The Bertz CT molecular complexity index is 646. The number of rotatable bonds is 1. The second kappa shape index (κ2) is 4.65. The van der Waals surface area contributed by atoms with E-state index in [2.05, 4.69) is 42.9 Å². The van der Waals surface area contributed by atoms with E-state index in [1.807, 2.05) is 26.0 Å². The number of hydrogen-bond donors (Lipinski definition) is 1. The van der Waals surface area contributed by atoms with Crippen molar-refractivity contribution < 1.29 is 0 Å². The molecule has 0 amide bonds. The van der Waals surface area contributed by atoms with Crippen molar-refractivity contribution in [3.63, 3.8) is 0 Å². The molecule has 1 aromatic carbocycles. The summed E-state index contributed by atoms with van der Waals surface area (Å²) in [6.07, 6.45) is 0. The highest BCUT2D eigenvalue weighted by molar-refractivity contribution is 5.59. The SMILES string of the molecule is Cc1nc(-c2ccc(C(C)(C)C)cc2)c(=O)[nH]c1C. The molecule has 3 heteroatoms. The fourth-order valence-corrected chi connectivity index (χ4v) is 1.95. The molecule has 1 N–H and O–H groups in total. The van der Waals surface area contributed by atoms with Gasteiger partial charge in [-0.25, -0.2) is 4.98 Å². The van der Waals surface area contributed by atoms with Gasteiger partial charge in [0.25, 0.3) is 5.56 Å². The lowest BCUT2D eigenvalue weighted by atomic mass is 9.86. The third kappa shape index (κ3) is 2.75. The number of benzene rings is 1. The van der Waals surface area contributed by atoms with E-state index in [-0.39, 0.29) is 11.0 Å². The highest BCUT2D eigenvalue weighted by Crippen LogP contribution is 2.24. The number of nitrogens with one attached hydrogen (secondary N) is 1. The number of aryl methyl sites for hydroxylation is 2. The summed E-state index contributed by atoms with van der Waals surface area (Å²) in [5, 5.41) is 0. The van der Waals surface area contributed by atoms with Crippen molar-refractivity contribution in [3.8, 4) is 11.3 Å². The maximum Gasteiger partial charge on any atom is 0.274 e. The van der Waals surface area contributed by atoms with Gasteiger partial charge in [-0.1, -0.05) is 45.0 Å². The van der Waals surface area contributed by atoms with Crippen LogP contribution in [-0.4, -0.2) is 9.97 Å². The fraction of sp³-hybridized carbons (Fsp3) is 0.375. The van der Waals surface area contributed by atoms with Gasteiger partial charge >= 0.3 is 0 Å². The Morgan fingerprint density at radius 3 is 2.16 bits per heavy atom. The van der Waals surface area contributed by atoms with E-state index in [0.717, 1.165) is 17.0 Å². The summed E-state index contributed by atoms with van der Waals surface area (Å²) in [6, 6.07) is 8.05. The first kappa shape index (κ1) is 13.5. The molecule has 0 bridgehead atoms. The van der Waals surface area contributed by atoms with Crippen molar-refractivity contribution in [1.82, 2.24) is 9.97 Å². The first-order valence-electron chi connectivity index (χ1n) is 6.47. The minimum Gasteiger partial charge on any atom is -0.323 e. The van der Waals surface area contributed by atoms with Crippen LogP contribution in [0.25, 0.3) is 11.3 Å². The number of H-pyrrole nitrogens is 1. The van der Waals surface area contributed by atoms with Gasteiger partial charge < -0.3 is 4.98 Å². The topological polar surface area (TPSA) is 45.8 Å². The second-order valence-electron chi connectivity index (χ2n) is 5.95. The van der Waals surface area contributed by atoms with Gasteiger partial charge in [-0.2, -0.15) is 0 Å². The minimum atomic E-state index is -0.133. The Morgan fingerprint density at radius 1 is 1.05 bits per heavy atom. The van der Waals surface area contributed by atoms with Crippen molar-refractivity contribution in [3.05, 3.63) is 51.6 Å². The predicted octanol–water partition coefficient (Wildman–Crippen LogP) is 3.35. The second-order valence-corrected chi connectivity index (χ2v) is 5.95. The molecule has 3 nitrogen and oxygen atoms in total. The van der Waals surface area contributed by atoms with Gasteiger partial charge in [0.15, 0.2) is 0 Å². The lowest BCUT2D eigenvalue weighted by Crippen LogP contribution is -2.15. The smallest absolute Gasteiger partial charge is 0.274 e. The average Bonchev–Trinajstić information content (AvgIpc) is 2.33. The number of aromatic amines is 1. The molecular formula is C16H20N2O. The lowest BCUT2D eigenvalue weighted by molar-refractivity contribution is 0.590. The van der Waals surface area contributed by atoms with Gasteiger partial charge in [-0.15, -0.1) is 0 Å². The maximum atomic E-state index is 12.0. The van der Waals surface area contributed by atoms with E-state index in [4.69, 9.17) is 0 Å². The Hall–Kier alpha value is -1.90. The molecular weight excluding hydrogens is 236 g/mol. The predicted molar refractivity (Wildman–Crippen MR) is 78.5 cm³/mol. The molecule has 0 fully saturated rings. The summed E-state index contributed by atoms with van der Waals surface area (Å²) >= 11 is 0. The highest BCUT2D eigenvalue weighted by Gasteiger charge is 2.14. The molecule has 1 heterocycles. The first-order valence-corrected chi connectivity index (χ1v) is 6.47. The molecule has 0 radical (unpaired) electrons. The molecule has 0 saturated heterocycles. The molecule has 0 unspecified atom stereocenters. The van der Waals surface area contributed by atoms with Gasteiger partial charge in [0.05, 0.1) is 5.69 Å². The van der Waals surface area contributed by atoms with E-state index in [1.165, 1.54) is 5.56 Å². The normalized spacial score (nSPS) is 11.6. The van der Waals surface area contributed by atoms with E-state index in [9.17, 15) is 4.79 Å². The summed E-state index contributed by atoms with van der Waals surface area (Å²) in [7, 11) is 0. The first-order chi connectivity index (χ1) is 8.79. The quantitative estimate of drug-likeness (QED) is 0.850. The number of nitrogens with zero attached hydrogens (tertiary/aromatic N) is 1. The molecule has 0 spiro atoms. The molecule has 2 rings (SSSR count). The van der Waals surface area contributed by atoms with Crippen LogP contribution in [0.5, 0.6) is 0 Å². The largest absolute Gasteiger partial charge is 0.323 e. The summed E-state index contributed by atoms with van der Waals surface area (Å²) in [6.45, 7) is 10.3. The van der Waals surface area contributed by atoms with Gasteiger partial charge in [0.2, 0.25) is 0 Å². The Morgan fingerprint density at radius 2 is 1.63 bits per heavy atom. The van der Waals surface area contributed by atoms with Crippen LogP contribution in [0.3, 0.4) is 0 Å². The molecule has 0 aliphatic carbocycles. The molecule has 0 aliphatic rings. The number of hydrogen-bond acceptors (Lipinski definition) is 2. The Kier molecular flexibility index (Phi) is 3.31. The molecule has 19 heavy (non-hydrogen) atoms. The third-order valence-corrected chi connectivity index (χ3v) is 3.36. The van der Waals surface area contributed by atoms with Crippen molar-refractivity contribution in [2.24, 2.45) is 0 Å². The van der Waals surface area contributed by atoms with Crippen LogP contribution in [0, 0.1) is 13.8 Å². The Labute approximate surface area is 113 Å². The van der Waals surface area contributed by atoms with Crippen LogP contribution in [-0.2, 0) is 5.41 Å². The fourth-order valence-electron chi connectivity index (χ4n) is 1.95. The summed E-state index contributed by atoms with van der Waals surface area (Å²) in [4.78, 5) is 19.2. The molecule has 100 valence electrons. The van der Waals surface area contributed by atoms with Gasteiger partial charge in [0.1, 0.15) is 5.69 Å². The minimum absolute atomic E-state index is 0.113. The highest BCUT2D eigenvalue weighted by atomic mass is 16.1. The van der Waals surface area contributed by atoms with Crippen molar-refractivity contribution in [1.29, 1.82) is 0 Å². The van der Waals surface area contributed by atoms with Crippen molar-refractivity contribution in [2.45, 2.75) is 40.0 Å². The van der Waals surface area contributed by atoms with Crippen LogP contribution >= 0.6 is 0 Å². The molecule has 0 saturated carbocycles. The monoisotopic (exact) mass is 256 g/mol. The van der Waals surface area contributed by atoms with Crippen LogP contribution in [0.4, 0.5) is 0 Å². The van der Waals surface area contributed by atoms with E-state index in [1.54, 1.807) is 0 Å². The van der Waals surface area contributed by atoms with Gasteiger partial charge in [0, 0.05) is 11.3 Å². The Balaban J connectivity index is 2.49. The zero-order valence-corrected chi connectivity index (χ0v) is 12.2. The summed E-state index contributed by atoms with van der Waals surface area (Å²) in [5.74, 6) is 0. The van der Waals surface area contributed by atoms with Crippen LogP contribution < -0.4 is 5.56 Å². The van der Waals surface area contributed by atoms with Crippen LogP contribution in [0.2, 0.25) is 0 Å². The standard InChI is InChI=1S/C16H20N2O/c1-10-11(2)18-15(19)14(17-10)12-6-8-13(9-7-12)16(3,4)5/h6-9H,1-5H3,(H,18,19). The van der Waals surface area contributed by atoms with Crippen LogP contribution in [0.1, 0.15) is 37.7 Å². The van der Waals surface area contributed by atoms with E-state index >= 15 is 0 Å². The van der Waals surface area contributed by atoms with Crippen molar-refractivity contribution >= 4 is 0 Å². The molecule has 2 aromatic rings. The lowest BCUT2D eigenvalue weighted by Gasteiger charge is -2.19. The molecule has 0 atom stereocenters. The van der Waals surface area contributed by atoms with E-state index in [0.29, 0.717) is 5.69 Å².